The van der Waals surface area contributed by atoms with Crippen molar-refractivity contribution in [2.75, 3.05) is 0 Å². The first-order valence-electron chi connectivity index (χ1n) is 14.5. The van der Waals surface area contributed by atoms with Crippen molar-refractivity contribution >= 4 is 11.1 Å². The first kappa shape index (κ1) is 31.6. The smallest absolute Gasteiger partial charge is 0.252 e. The molecule has 2 aromatic heterocycles. The van der Waals surface area contributed by atoms with Crippen LogP contribution in [0.5, 0.6) is 0 Å². The number of allylic oxidation sites excluding steroid dienone is 2. The normalized spacial score (nSPS) is 14.6. The van der Waals surface area contributed by atoms with Gasteiger partial charge in [-0.1, -0.05) is 24.3 Å². The number of hydrogen-bond acceptors (Lipinski definition) is 4. The Balaban J connectivity index is 1.44. The molecule has 7 rings (SSSR count). The number of nitriles is 2. The molecule has 5 aromatic rings. The zero-order valence-electron chi connectivity index (χ0n) is 25.0. The van der Waals surface area contributed by atoms with E-state index in [2.05, 4.69) is 19.7 Å². The van der Waals surface area contributed by atoms with Gasteiger partial charge in [-0.15, -0.1) is 0 Å². The number of alkyl halides is 6. The molecule has 12 heteroatoms. The fourth-order valence-corrected chi connectivity index (χ4v) is 6.39. The van der Waals surface area contributed by atoms with Crippen LogP contribution >= 0.6 is 0 Å². The molecule has 50 heavy (non-hydrogen) atoms. The van der Waals surface area contributed by atoms with Crippen LogP contribution in [0.3, 0.4) is 0 Å². The third kappa shape index (κ3) is 4.95. The molecule has 2 aliphatic carbocycles. The molecular weight excluding hydrogens is 654 g/mol. The van der Waals surface area contributed by atoms with Crippen molar-refractivity contribution in [1.29, 1.82) is 10.5 Å². The summed E-state index contributed by atoms with van der Waals surface area (Å²) in [6, 6.07) is 21.7. The van der Waals surface area contributed by atoms with Crippen LogP contribution in [0, 0.1) is 35.8 Å². The van der Waals surface area contributed by atoms with Crippen molar-refractivity contribution in [3.05, 3.63) is 153 Å². The van der Waals surface area contributed by atoms with Gasteiger partial charge in [0.25, 0.3) is 11.4 Å². The van der Waals surface area contributed by atoms with E-state index in [4.69, 9.17) is 13.1 Å². The summed E-state index contributed by atoms with van der Waals surface area (Å²) >= 11 is 0. The molecule has 0 N–H and O–H groups in total. The standard InChI is InChI=1S/C38H14F6N6/c1-47-31(17-45)35-27-11-19(21-7-9-49-33(13-21)37(39,40)41)3-5-23(27)25-16-30-26(15-29(25)35)24-6-4-20(12-28(24)36(30)32(18-46)48-2)22-8-10-50-34(14-22)38(42,43)44/h3-16H. The van der Waals surface area contributed by atoms with E-state index in [1.165, 1.54) is 12.1 Å². The van der Waals surface area contributed by atoms with E-state index in [0.717, 1.165) is 24.5 Å². The Kier molecular flexibility index (Phi) is 7.14. The molecule has 2 heterocycles. The van der Waals surface area contributed by atoms with Gasteiger partial charge in [-0.05, 0) is 115 Å². The maximum atomic E-state index is 13.4. The molecule has 2 aliphatic rings. The molecule has 0 atom stereocenters. The topological polar surface area (TPSA) is 82.1 Å². The minimum atomic E-state index is -4.67. The molecule has 238 valence electrons. The summed E-state index contributed by atoms with van der Waals surface area (Å²) < 4.78 is 80.7. The van der Waals surface area contributed by atoms with Gasteiger partial charge in [-0.2, -0.15) is 26.3 Å². The van der Waals surface area contributed by atoms with Gasteiger partial charge in [0.2, 0.25) is 0 Å². The van der Waals surface area contributed by atoms with Crippen molar-refractivity contribution in [3.63, 3.8) is 0 Å². The highest BCUT2D eigenvalue weighted by molar-refractivity contribution is 6.11. The van der Waals surface area contributed by atoms with E-state index in [1.54, 1.807) is 48.5 Å². The maximum absolute atomic E-state index is 13.4. The summed E-state index contributed by atoms with van der Waals surface area (Å²) in [5.41, 5.74) is 3.15. The highest BCUT2D eigenvalue weighted by Crippen LogP contribution is 2.54. The Morgan fingerprint density at radius 2 is 0.860 bits per heavy atom. The number of nitrogens with zero attached hydrogens (tertiary/aromatic N) is 6. The van der Waals surface area contributed by atoms with E-state index in [-0.39, 0.29) is 33.7 Å². The van der Waals surface area contributed by atoms with E-state index < -0.39 is 23.7 Å². The number of fused-ring (bicyclic) bond motifs is 6. The van der Waals surface area contributed by atoms with Crippen LogP contribution in [-0.4, -0.2) is 9.97 Å². The second-order valence-electron chi connectivity index (χ2n) is 11.2. The number of aromatic nitrogens is 2. The average molecular weight is 669 g/mol. The summed E-state index contributed by atoms with van der Waals surface area (Å²) in [6.45, 7) is 15.5. The number of rotatable bonds is 2. The lowest BCUT2D eigenvalue weighted by atomic mass is 9.95. The molecule has 0 radical (unpaired) electrons. The Hall–Kier alpha value is -7.02. The van der Waals surface area contributed by atoms with Gasteiger partial charge in [0.1, 0.15) is 11.4 Å². The fraction of sp³-hybridized carbons (Fsp3) is 0.0526. The van der Waals surface area contributed by atoms with Gasteiger partial charge in [0.15, 0.2) is 0 Å². The van der Waals surface area contributed by atoms with Crippen LogP contribution in [0.1, 0.15) is 33.6 Å². The molecule has 0 amide bonds. The summed E-state index contributed by atoms with van der Waals surface area (Å²) in [7, 11) is 0. The Morgan fingerprint density at radius 3 is 1.20 bits per heavy atom. The molecule has 0 saturated heterocycles. The van der Waals surface area contributed by atoms with Crippen molar-refractivity contribution in [3.8, 4) is 56.6 Å². The van der Waals surface area contributed by atoms with Crippen molar-refractivity contribution in [2.45, 2.75) is 12.4 Å². The molecule has 6 nitrogen and oxygen atoms in total. The number of halogens is 6. The van der Waals surface area contributed by atoms with E-state index in [1.807, 2.05) is 12.1 Å². The third-order valence-electron chi connectivity index (χ3n) is 8.53. The van der Waals surface area contributed by atoms with E-state index >= 15 is 0 Å². The second kappa shape index (κ2) is 11.3. The zero-order valence-corrected chi connectivity index (χ0v) is 25.0. The van der Waals surface area contributed by atoms with Crippen LogP contribution < -0.4 is 0 Å². The van der Waals surface area contributed by atoms with Crippen molar-refractivity contribution < 1.29 is 26.3 Å². The lowest BCUT2D eigenvalue weighted by Gasteiger charge is -2.10. The number of benzene rings is 3. The highest BCUT2D eigenvalue weighted by atomic mass is 19.4. The predicted octanol–water partition coefficient (Wildman–Crippen LogP) is 10.2. The SMILES string of the molecule is [C-]#[N+]C(C#N)=C1c2cc(-c3ccnc(C(F)(F)F)c3)ccc2-c2cc3c(cc21)-c1ccc(-c2ccnc(C(F)(F)F)c2)cc1C3=C(C#N)[N+]#[C-]. The zero-order chi connectivity index (χ0) is 35.5. The minimum absolute atomic E-state index is 0.219. The Labute approximate surface area is 279 Å². The van der Waals surface area contributed by atoms with Gasteiger partial charge in [0.05, 0.1) is 25.3 Å². The van der Waals surface area contributed by atoms with Gasteiger partial charge in [-0.25, -0.2) is 20.2 Å². The van der Waals surface area contributed by atoms with Gasteiger partial charge >= 0.3 is 12.4 Å². The summed E-state index contributed by atoms with van der Waals surface area (Å²) in [5, 5.41) is 20.0. The molecule has 0 saturated carbocycles. The van der Waals surface area contributed by atoms with E-state index in [0.29, 0.717) is 55.6 Å². The van der Waals surface area contributed by atoms with Gasteiger partial charge < -0.3 is 0 Å². The van der Waals surface area contributed by atoms with Crippen LogP contribution in [0.2, 0.25) is 0 Å². The van der Waals surface area contributed by atoms with Crippen LogP contribution in [-0.2, 0) is 12.4 Å². The fourth-order valence-electron chi connectivity index (χ4n) is 6.39. The molecule has 0 aliphatic heterocycles. The van der Waals surface area contributed by atoms with E-state index in [9.17, 15) is 36.9 Å². The first-order chi connectivity index (χ1) is 23.9. The monoisotopic (exact) mass is 668 g/mol. The number of hydrogen-bond donors (Lipinski definition) is 0. The van der Waals surface area contributed by atoms with Crippen LogP contribution in [0.15, 0.2) is 96.6 Å². The summed E-state index contributed by atoms with van der Waals surface area (Å²) in [5.74, 6) is 0. The highest BCUT2D eigenvalue weighted by Gasteiger charge is 2.36. The Morgan fingerprint density at radius 1 is 0.500 bits per heavy atom. The second-order valence-corrected chi connectivity index (χ2v) is 11.2. The molecule has 0 spiro atoms. The van der Waals surface area contributed by atoms with Crippen molar-refractivity contribution in [2.24, 2.45) is 0 Å². The molecule has 0 bridgehead atoms. The quantitative estimate of drug-likeness (QED) is 0.104. The third-order valence-corrected chi connectivity index (χ3v) is 8.53. The molecule has 0 fully saturated rings. The van der Waals surface area contributed by atoms with Crippen LogP contribution in [0.4, 0.5) is 26.3 Å². The summed E-state index contributed by atoms with van der Waals surface area (Å²) in [4.78, 5) is 13.7. The van der Waals surface area contributed by atoms with Crippen LogP contribution in [0.25, 0.3) is 65.3 Å². The van der Waals surface area contributed by atoms with Gasteiger partial charge in [-0.3, -0.25) is 9.97 Å². The predicted molar refractivity (Wildman–Crippen MR) is 170 cm³/mol. The van der Waals surface area contributed by atoms with Gasteiger partial charge in [0, 0.05) is 23.5 Å². The molecule has 3 aromatic carbocycles. The number of pyridine rings is 2. The lowest BCUT2D eigenvalue weighted by molar-refractivity contribution is -0.141. The minimum Gasteiger partial charge on any atom is -0.252 e. The maximum Gasteiger partial charge on any atom is 0.433 e. The Bertz CT molecular complexity index is 2360. The molecular formula is C38H14F6N6. The summed E-state index contributed by atoms with van der Waals surface area (Å²) in [6.07, 6.45) is -7.25. The average Bonchev–Trinajstić information content (AvgIpc) is 3.59. The first-order valence-corrected chi connectivity index (χ1v) is 14.5. The molecule has 0 unspecified atom stereocenters. The van der Waals surface area contributed by atoms with Crippen molar-refractivity contribution in [1.82, 2.24) is 9.97 Å². The largest absolute Gasteiger partial charge is 0.433 e. The lowest BCUT2D eigenvalue weighted by Crippen LogP contribution is -2.07.